The molecule has 0 aromatic heterocycles. The van der Waals surface area contributed by atoms with E-state index >= 15 is 0 Å². The predicted molar refractivity (Wildman–Crippen MR) is 116 cm³/mol. The van der Waals surface area contributed by atoms with Crippen molar-refractivity contribution >= 4 is 0 Å². The second kappa shape index (κ2) is 6.01. The first kappa shape index (κ1) is 19.0. The first-order chi connectivity index (χ1) is 12.8. The Balaban J connectivity index is 1.48. The van der Waals surface area contributed by atoms with Gasteiger partial charge < -0.3 is 0 Å². The van der Waals surface area contributed by atoms with Crippen LogP contribution in [0.3, 0.4) is 0 Å². The Kier molecular flexibility index (Phi) is 4.23. The third-order valence-electron chi connectivity index (χ3n) is 12.1. The summed E-state index contributed by atoms with van der Waals surface area (Å²) in [6.45, 7) is 13.3. The van der Waals surface area contributed by atoms with Crippen molar-refractivity contribution in [3.05, 3.63) is 0 Å². The molecule has 5 saturated carbocycles. The van der Waals surface area contributed by atoms with E-state index in [2.05, 4.69) is 34.6 Å². The lowest BCUT2D eigenvalue weighted by molar-refractivity contribution is -0.195. The van der Waals surface area contributed by atoms with Gasteiger partial charge in [0.2, 0.25) is 0 Å². The summed E-state index contributed by atoms with van der Waals surface area (Å²) in [5.41, 5.74) is 2.64. The van der Waals surface area contributed by atoms with Crippen molar-refractivity contribution in [2.24, 2.45) is 51.2 Å². The summed E-state index contributed by atoms with van der Waals surface area (Å²) in [5.74, 6) is 5.23. The Morgan fingerprint density at radius 1 is 0.630 bits per heavy atom. The van der Waals surface area contributed by atoms with Gasteiger partial charge in [0.05, 0.1) is 0 Å². The molecule has 27 heavy (non-hydrogen) atoms. The summed E-state index contributed by atoms with van der Waals surface area (Å²) < 4.78 is 0. The smallest absolute Gasteiger partial charge is 0.0259 e. The van der Waals surface area contributed by atoms with Gasteiger partial charge >= 0.3 is 0 Å². The van der Waals surface area contributed by atoms with Crippen LogP contribution >= 0.6 is 0 Å². The van der Waals surface area contributed by atoms with E-state index in [-0.39, 0.29) is 0 Å². The molecule has 0 amide bonds. The molecule has 0 N–H and O–H groups in total. The minimum Gasteiger partial charge on any atom is -0.0648 e. The predicted octanol–water partition coefficient (Wildman–Crippen LogP) is 8.25. The van der Waals surface area contributed by atoms with Crippen LogP contribution in [0.2, 0.25) is 0 Å². The lowest BCUT2D eigenvalue weighted by atomic mass is 9.36. The number of rotatable bonds is 1. The maximum atomic E-state index is 2.80. The lowest BCUT2D eigenvalue weighted by Crippen LogP contribution is -2.61. The van der Waals surface area contributed by atoms with Crippen molar-refractivity contribution in [2.75, 3.05) is 0 Å². The molecule has 8 unspecified atom stereocenters. The zero-order chi connectivity index (χ0) is 19.1. The van der Waals surface area contributed by atoms with Crippen LogP contribution in [-0.4, -0.2) is 0 Å². The molecule has 5 rings (SSSR count). The van der Waals surface area contributed by atoms with Gasteiger partial charge in [0.25, 0.3) is 0 Å². The van der Waals surface area contributed by atoms with E-state index in [1.54, 1.807) is 44.9 Å². The molecule has 5 fully saturated rings. The lowest BCUT2D eigenvalue weighted by Gasteiger charge is -2.68. The van der Waals surface area contributed by atoms with Crippen molar-refractivity contribution in [1.82, 2.24) is 0 Å². The normalized spacial score (nSPS) is 56.6. The molecule has 0 spiro atoms. The van der Waals surface area contributed by atoms with E-state index in [0.717, 1.165) is 35.0 Å². The third kappa shape index (κ3) is 2.40. The molecule has 0 bridgehead atoms. The van der Waals surface area contributed by atoms with E-state index in [1.807, 2.05) is 0 Å². The van der Waals surface area contributed by atoms with Crippen LogP contribution in [-0.2, 0) is 0 Å². The fraction of sp³-hybridized carbons (Fsp3) is 1.00. The quantitative estimate of drug-likeness (QED) is 0.436. The summed E-state index contributed by atoms with van der Waals surface area (Å²) in [5, 5.41) is 0. The molecular formula is C27H46. The number of hydrogen-bond acceptors (Lipinski definition) is 0. The van der Waals surface area contributed by atoms with Gasteiger partial charge in [-0.05, 0) is 115 Å². The van der Waals surface area contributed by atoms with Crippen LogP contribution in [0.15, 0.2) is 0 Å². The van der Waals surface area contributed by atoms with Crippen LogP contribution in [0.25, 0.3) is 0 Å². The standard InChI is InChI=1S/C27H46/c1-6-27-16-7-9-21(27)19-10-11-23-25(4,20(19)12-18-27)17-13-22-24(2,3)14-8-15-26(22,23)5/h19-23H,6-18H2,1-5H3. The monoisotopic (exact) mass is 370 g/mol. The fourth-order valence-electron chi connectivity index (χ4n) is 11.1. The highest BCUT2D eigenvalue weighted by molar-refractivity contribution is 5.13. The zero-order valence-electron chi connectivity index (χ0n) is 19.1. The molecule has 0 heteroatoms. The highest BCUT2D eigenvalue weighted by Crippen LogP contribution is 2.73. The maximum Gasteiger partial charge on any atom is -0.0259 e. The van der Waals surface area contributed by atoms with Crippen LogP contribution in [0, 0.1) is 51.2 Å². The van der Waals surface area contributed by atoms with Gasteiger partial charge in [-0.15, -0.1) is 0 Å². The van der Waals surface area contributed by atoms with Crippen molar-refractivity contribution in [3.63, 3.8) is 0 Å². The van der Waals surface area contributed by atoms with Gasteiger partial charge in [0, 0.05) is 0 Å². The number of fused-ring (bicyclic) bond motifs is 7. The van der Waals surface area contributed by atoms with Crippen LogP contribution in [0.5, 0.6) is 0 Å². The molecule has 0 heterocycles. The Labute approximate surface area is 169 Å². The molecule has 0 aromatic rings. The number of hydrogen-bond donors (Lipinski definition) is 0. The van der Waals surface area contributed by atoms with Gasteiger partial charge in [0.15, 0.2) is 0 Å². The van der Waals surface area contributed by atoms with Crippen molar-refractivity contribution in [3.8, 4) is 0 Å². The average Bonchev–Trinajstić information content (AvgIpc) is 3.05. The van der Waals surface area contributed by atoms with Gasteiger partial charge in [-0.1, -0.05) is 53.9 Å². The van der Waals surface area contributed by atoms with E-state index in [1.165, 1.54) is 38.5 Å². The molecule has 0 radical (unpaired) electrons. The zero-order valence-corrected chi connectivity index (χ0v) is 19.1. The first-order valence-electron chi connectivity index (χ1n) is 12.8. The maximum absolute atomic E-state index is 2.80. The highest BCUT2D eigenvalue weighted by atomic mass is 14.7. The molecule has 5 aliphatic carbocycles. The van der Waals surface area contributed by atoms with Gasteiger partial charge in [0.1, 0.15) is 0 Å². The van der Waals surface area contributed by atoms with Gasteiger partial charge in [-0.2, -0.15) is 0 Å². The highest BCUT2D eigenvalue weighted by Gasteiger charge is 2.64. The molecular weight excluding hydrogens is 324 g/mol. The van der Waals surface area contributed by atoms with Crippen LogP contribution in [0.1, 0.15) is 118 Å². The Bertz CT molecular complexity index is 589. The Morgan fingerprint density at radius 3 is 2.22 bits per heavy atom. The first-order valence-corrected chi connectivity index (χ1v) is 12.8. The fourth-order valence-corrected chi connectivity index (χ4v) is 11.1. The van der Waals surface area contributed by atoms with Gasteiger partial charge in [-0.3, -0.25) is 0 Å². The van der Waals surface area contributed by atoms with Gasteiger partial charge in [-0.25, -0.2) is 0 Å². The van der Waals surface area contributed by atoms with Crippen molar-refractivity contribution < 1.29 is 0 Å². The van der Waals surface area contributed by atoms with Crippen molar-refractivity contribution in [1.29, 1.82) is 0 Å². The minimum absolute atomic E-state index is 0.584. The average molecular weight is 371 g/mol. The summed E-state index contributed by atoms with van der Waals surface area (Å²) in [6, 6.07) is 0. The Hall–Kier alpha value is 0. The van der Waals surface area contributed by atoms with E-state index in [9.17, 15) is 0 Å². The minimum atomic E-state index is 0.584. The molecule has 0 saturated heterocycles. The largest absolute Gasteiger partial charge is 0.0648 e. The summed E-state index contributed by atoms with van der Waals surface area (Å²) in [4.78, 5) is 0. The Morgan fingerprint density at radius 2 is 1.44 bits per heavy atom. The molecule has 8 atom stereocenters. The molecule has 154 valence electrons. The second-order valence-electron chi connectivity index (χ2n) is 13.1. The third-order valence-corrected chi connectivity index (χ3v) is 12.1. The molecule has 0 aromatic carbocycles. The SMILES string of the molecule is CCC12CCCC1C1CCC3C(C)(CCC4C(C)(C)CCCC43C)C1CC2. The summed E-state index contributed by atoms with van der Waals surface area (Å²) in [6.07, 6.45) is 20.0. The molecule has 5 aliphatic rings. The van der Waals surface area contributed by atoms with E-state index in [0.29, 0.717) is 16.2 Å². The molecule has 0 aliphatic heterocycles. The summed E-state index contributed by atoms with van der Waals surface area (Å²) >= 11 is 0. The van der Waals surface area contributed by atoms with E-state index < -0.39 is 0 Å². The topological polar surface area (TPSA) is 0 Å². The molecule has 0 nitrogen and oxygen atoms in total. The summed E-state index contributed by atoms with van der Waals surface area (Å²) in [7, 11) is 0. The van der Waals surface area contributed by atoms with E-state index in [4.69, 9.17) is 0 Å². The second-order valence-corrected chi connectivity index (χ2v) is 13.1. The van der Waals surface area contributed by atoms with Crippen LogP contribution in [0.4, 0.5) is 0 Å². The van der Waals surface area contributed by atoms with Crippen LogP contribution < -0.4 is 0 Å². The van der Waals surface area contributed by atoms with Crippen molar-refractivity contribution in [2.45, 2.75) is 118 Å².